The van der Waals surface area contributed by atoms with Crippen molar-refractivity contribution in [2.24, 2.45) is 5.41 Å². The van der Waals surface area contributed by atoms with Gasteiger partial charge in [-0.3, -0.25) is 4.79 Å². The first-order chi connectivity index (χ1) is 7.05. The molecule has 82 valence electrons. The van der Waals surface area contributed by atoms with Crippen molar-refractivity contribution in [2.75, 3.05) is 0 Å². The minimum Gasteiger partial charge on any atom is -0.295 e. The molecule has 1 heteroatoms. The lowest BCUT2D eigenvalue weighted by molar-refractivity contribution is -0.115. The van der Waals surface area contributed by atoms with Crippen molar-refractivity contribution in [3.05, 3.63) is 36.0 Å². The van der Waals surface area contributed by atoms with Gasteiger partial charge in [0.25, 0.3) is 0 Å². The number of rotatable bonds is 4. The van der Waals surface area contributed by atoms with E-state index >= 15 is 0 Å². The van der Waals surface area contributed by atoms with Crippen LogP contribution in [0.15, 0.2) is 36.0 Å². The highest BCUT2D eigenvalue weighted by molar-refractivity contribution is 5.96. The van der Waals surface area contributed by atoms with Crippen molar-refractivity contribution in [2.45, 2.75) is 40.0 Å². The Hall–Kier alpha value is -1.11. The summed E-state index contributed by atoms with van der Waals surface area (Å²) in [7, 11) is 0. The van der Waals surface area contributed by atoms with Gasteiger partial charge in [0.15, 0.2) is 5.78 Å². The molecule has 0 aliphatic heterocycles. The van der Waals surface area contributed by atoms with E-state index in [9.17, 15) is 4.79 Å². The zero-order chi connectivity index (χ0) is 11.3. The first kappa shape index (κ1) is 12.0. The van der Waals surface area contributed by atoms with Crippen LogP contribution in [0.5, 0.6) is 0 Å². The molecule has 0 atom stereocenters. The van der Waals surface area contributed by atoms with Crippen LogP contribution in [0.1, 0.15) is 40.0 Å². The number of ketones is 1. The Morgan fingerprint density at radius 3 is 2.87 bits per heavy atom. The van der Waals surface area contributed by atoms with E-state index in [-0.39, 0.29) is 5.41 Å². The molecule has 0 spiro atoms. The largest absolute Gasteiger partial charge is 0.295 e. The third-order valence-corrected chi connectivity index (χ3v) is 2.56. The van der Waals surface area contributed by atoms with Gasteiger partial charge in [-0.2, -0.15) is 0 Å². The summed E-state index contributed by atoms with van der Waals surface area (Å²) in [5.41, 5.74) is 1.02. The summed E-state index contributed by atoms with van der Waals surface area (Å²) in [5.74, 6) is 0.297. The van der Waals surface area contributed by atoms with E-state index in [0.717, 1.165) is 18.4 Å². The quantitative estimate of drug-likeness (QED) is 0.636. The molecule has 0 saturated heterocycles. The highest BCUT2D eigenvalue weighted by atomic mass is 16.1. The maximum atomic E-state index is 11.8. The van der Waals surface area contributed by atoms with E-state index in [4.69, 9.17) is 0 Å². The molecule has 0 aromatic heterocycles. The zero-order valence-electron chi connectivity index (χ0n) is 9.92. The van der Waals surface area contributed by atoms with Gasteiger partial charge in [0.05, 0.1) is 0 Å². The lowest BCUT2D eigenvalue weighted by Gasteiger charge is -2.21. The molecular weight excluding hydrogens is 184 g/mol. The monoisotopic (exact) mass is 204 g/mol. The van der Waals surface area contributed by atoms with Crippen LogP contribution in [0.25, 0.3) is 0 Å². The summed E-state index contributed by atoms with van der Waals surface area (Å²) >= 11 is 0. The van der Waals surface area contributed by atoms with Crippen LogP contribution in [0.3, 0.4) is 0 Å². The van der Waals surface area contributed by atoms with Crippen molar-refractivity contribution in [1.29, 1.82) is 0 Å². The van der Waals surface area contributed by atoms with Gasteiger partial charge in [0, 0.05) is 11.8 Å². The van der Waals surface area contributed by atoms with E-state index in [1.807, 2.05) is 19.1 Å². The molecule has 15 heavy (non-hydrogen) atoms. The molecular formula is C14H20O. The van der Waals surface area contributed by atoms with Crippen molar-refractivity contribution in [3.63, 3.8) is 0 Å². The normalized spacial score (nSPS) is 19.3. The van der Waals surface area contributed by atoms with Gasteiger partial charge < -0.3 is 0 Å². The zero-order valence-corrected chi connectivity index (χ0v) is 9.92. The molecule has 1 rings (SSSR count). The maximum Gasteiger partial charge on any atom is 0.159 e. The van der Waals surface area contributed by atoms with Crippen LogP contribution in [0.2, 0.25) is 0 Å². The molecule has 0 N–H and O–H groups in total. The summed E-state index contributed by atoms with van der Waals surface area (Å²) in [5, 5.41) is 0. The molecule has 0 fully saturated rings. The maximum absolute atomic E-state index is 11.8. The summed E-state index contributed by atoms with van der Waals surface area (Å²) in [6, 6.07) is 0. The number of carbonyl (C=O) groups excluding carboxylic acids is 1. The highest BCUT2D eigenvalue weighted by Crippen LogP contribution is 2.28. The molecule has 0 bridgehead atoms. The standard InChI is InChI=1S/C14H20O/c1-4-5-6-9-13(15)12-8-7-10-14(2,3)11-12/h4-5,7,10-11H,6,8-9H2,1-3H3/b5-4+. The Kier molecular flexibility index (Phi) is 4.07. The van der Waals surface area contributed by atoms with E-state index in [1.54, 1.807) is 0 Å². The summed E-state index contributed by atoms with van der Waals surface area (Å²) in [6.45, 7) is 6.24. The number of carbonyl (C=O) groups is 1. The van der Waals surface area contributed by atoms with Gasteiger partial charge in [0.1, 0.15) is 0 Å². The topological polar surface area (TPSA) is 17.1 Å². The Morgan fingerprint density at radius 1 is 1.53 bits per heavy atom. The predicted molar refractivity (Wildman–Crippen MR) is 64.7 cm³/mol. The first-order valence-electron chi connectivity index (χ1n) is 5.59. The summed E-state index contributed by atoms with van der Waals surface area (Å²) in [6.07, 6.45) is 12.7. The minimum atomic E-state index is 0.0455. The SMILES string of the molecule is C/C=C/CCC(=O)C1=CC(C)(C)C=CC1. The summed E-state index contributed by atoms with van der Waals surface area (Å²) < 4.78 is 0. The highest BCUT2D eigenvalue weighted by Gasteiger charge is 2.18. The lowest BCUT2D eigenvalue weighted by atomic mass is 9.83. The second-order valence-corrected chi connectivity index (χ2v) is 4.63. The Labute approximate surface area is 92.6 Å². The Morgan fingerprint density at radius 2 is 2.27 bits per heavy atom. The van der Waals surface area contributed by atoms with Gasteiger partial charge in [0.2, 0.25) is 0 Å². The molecule has 1 aliphatic rings. The fraction of sp³-hybridized carbons (Fsp3) is 0.500. The fourth-order valence-electron chi connectivity index (χ4n) is 1.78. The van der Waals surface area contributed by atoms with Crippen molar-refractivity contribution in [3.8, 4) is 0 Å². The predicted octanol–water partition coefficient (Wildman–Crippen LogP) is 3.82. The van der Waals surface area contributed by atoms with E-state index < -0.39 is 0 Å². The second-order valence-electron chi connectivity index (χ2n) is 4.63. The van der Waals surface area contributed by atoms with E-state index in [1.165, 1.54) is 0 Å². The van der Waals surface area contributed by atoms with Crippen LogP contribution in [0, 0.1) is 5.41 Å². The molecule has 0 unspecified atom stereocenters. The van der Waals surface area contributed by atoms with Gasteiger partial charge in [-0.1, -0.05) is 44.2 Å². The fourth-order valence-corrected chi connectivity index (χ4v) is 1.78. The van der Waals surface area contributed by atoms with Crippen LogP contribution >= 0.6 is 0 Å². The minimum absolute atomic E-state index is 0.0455. The smallest absolute Gasteiger partial charge is 0.159 e. The van der Waals surface area contributed by atoms with Gasteiger partial charge in [-0.05, 0) is 25.3 Å². The Balaban J connectivity index is 2.57. The first-order valence-corrected chi connectivity index (χ1v) is 5.59. The number of allylic oxidation sites excluding steroid dienone is 6. The van der Waals surface area contributed by atoms with Gasteiger partial charge in [-0.25, -0.2) is 0 Å². The van der Waals surface area contributed by atoms with E-state index in [0.29, 0.717) is 12.2 Å². The molecule has 0 aromatic carbocycles. The lowest BCUT2D eigenvalue weighted by Crippen LogP contribution is -2.12. The Bertz CT molecular complexity index is 316. The average molecular weight is 204 g/mol. The van der Waals surface area contributed by atoms with Crippen molar-refractivity contribution >= 4 is 5.78 Å². The van der Waals surface area contributed by atoms with E-state index in [2.05, 4.69) is 32.1 Å². The van der Waals surface area contributed by atoms with Gasteiger partial charge >= 0.3 is 0 Å². The number of hydrogen-bond acceptors (Lipinski definition) is 1. The molecule has 0 radical (unpaired) electrons. The third-order valence-electron chi connectivity index (χ3n) is 2.56. The molecule has 1 nitrogen and oxygen atoms in total. The third kappa shape index (κ3) is 3.86. The molecule has 0 amide bonds. The molecule has 0 saturated carbocycles. The number of Topliss-reactive ketones (excluding diaryl/α,β-unsaturated/α-hetero) is 1. The average Bonchev–Trinajstić information content (AvgIpc) is 2.16. The molecule has 0 aromatic rings. The van der Waals surface area contributed by atoms with Crippen LogP contribution in [0.4, 0.5) is 0 Å². The molecule has 0 heterocycles. The van der Waals surface area contributed by atoms with Crippen molar-refractivity contribution < 1.29 is 4.79 Å². The van der Waals surface area contributed by atoms with Crippen LogP contribution in [-0.4, -0.2) is 5.78 Å². The second kappa shape index (κ2) is 5.11. The molecule has 1 aliphatic carbocycles. The summed E-state index contributed by atoms with van der Waals surface area (Å²) in [4.78, 5) is 11.8. The number of hydrogen-bond donors (Lipinski definition) is 0. The van der Waals surface area contributed by atoms with Gasteiger partial charge in [-0.15, -0.1) is 0 Å². The van der Waals surface area contributed by atoms with Crippen molar-refractivity contribution in [1.82, 2.24) is 0 Å². The van der Waals surface area contributed by atoms with Crippen LogP contribution in [-0.2, 0) is 4.79 Å². The van der Waals surface area contributed by atoms with Crippen LogP contribution < -0.4 is 0 Å².